The molecule has 0 saturated carbocycles. The molecule has 0 fully saturated rings. The summed E-state index contributed by atoms with van der Waals surface area (Å²) in [5.41, 5.74) is 4.18. The van der Waals surface area contributed by atoms with Gasteiger partial charge in [0.1, 0.15) is 23.0 Å². The fraction of sp³-hybridized carbons (Fsp3) is 0. The highest BCUT2D eigenvalue weighted by molar-refractivity contribution is 7.80. The van der Waals surface area contributed by atoms with E-state index in [0.717, 1.165) is 50.7 Å². The molecule has 4 heteroatoms. The Hall–Kier alpha value is -3.94. The van der Waals surface area contributed by atoms with E-state index < -0.39 is 7.92 Å². The number of para-hydroxylation sites is 2. The van der Waals surface area contributed by atoms with Gasteiger partial charge in [-0.05, 0) is 47.5 Å². The zero-order valence-electron chi connectivity index (χ0n) is 17.6. The Morgan fingerprint density at radius 3 is 1.76 bits per heavy atom. The smallest absolute Gasteiger partial charge is 0.140 e. The maximum Gasteiger partial charge on any atom is 0.140 e. The van der Waals surface area contributed by atoms with Crippen molar-refractivity contribution in [1.29, 1.82) is 0 Å². The molecule has 0 spiro atoms. The van der Waals surface area contributed by atoms with Gasteiger partial charge in [-0.25, -0.2) is 0 Å². The van der Waals surface area contributed by atoms with E-state index in [1.54, 1.807) is 0 Å². The molecule has 1 aromatic heterocycles. The lowest BCUT2D eigenvalue weighted by Gasteiger charge is -2.35. The van der Waals surface area contributed by atoms with Gasteiger partial charge in [-0.1, -0.05) is 66.7 Å². The van der Waals surface area contributed by atoms with Gasteiger partial charge in [-0.15, -0.1) is 0 Å². The minimum Gasteiger partial charge on any atom is -0.456 e. The van der Waals surface area contributed by atoms with Gasteiger partial charge in [0.2, 0.25) is 0 Å². The van der Waals surface area contributed by atoms with Gasteiger partial charge in [0.25, 0.3) is 0 Å². The van der Waals surface area contributed by atoms with Crippen LogP contribution in [0.2, 0.25) is 0 Å². The van der Waals surface area contributed by atoms with Crippen LogP contribution in [0.1, 0.15) is 0 Å². The number of rotatable bonds is 2. The fourth-order valence-corrected chi connectivity index (χ4v) is 7.21. The molecule has 0 bridgehead atoms. The van der Waals surface area contributed by atoms with Crippen molar-refractivity contribution < 1.29 is 9.47 Å². The first-order chi connectivity index (χ1) is 16.4. The molecule has 0 amide bonds. The van der Waals surface area contributed by atoms with E-state index in [4.69, 9.17) is 9.47 Å². The molecular formula is C29H18NO2P. The normalized spacial score (nSPS) is 13.2. The predicted octanol–water partition coefficient (Wildman–Crippen LogP) is 6.39. The molecule has 0 radical (unpaired) electrons. The highest BCUT2D eigenvalue weighted by Gasteiger charge is 2.37. The lowest BCUT2D eigenvalue weighted by atomic mass is 9.97. The van der Waals surface area contributed by atoms with E-state index in [1.807, 2.05) is 36.5 Å². The third-order valence-electron chi connectivity index (χ3n) is 6.09. The topological polar surface area (TPSA) is 31.4 Å². The lowest BCUT2D eigenvalue weighted by molar-refractivity contribution is 0.467. The van der Waals surface area contributed by atoms with E-state index in [1.165, 1.54) is 10.6 Å². The molecule has 0 saturated heterocycles. The summed E-state index contributed by atoms with van der Waals surface area (Å²) in [5.74, 6) is 3.60. The highest BCUT2D eigenvalue weighted by atomic mass is 31.1. The molecule has 0 N–H and O–H groups in total. The first-order valence-electron chi connectivity index (χ1n) is 10.9. The van der Waals surface area contributed by atoms with Crippen LogP contribution in [-0.4, -0.2) is 4.98 Å². The maximum atomic E-state index is 6.47. The van der Waals surface area contributed by atoms with Crippen LogP contribution < -0.4 is 25.4 Å². The maximum absolute atomic E-state index is 6.47. The third kappa shape index (κ3) is 2.90. The Balaban J connectivity index is 1.47. The molecule has 0 unspecified atom stereocenters. The summed E-state index contributed by atoms with van der Waals surface area (Å²) in [6.07, 6.45) is 1.83. The zero-order valence-corrected chi connectivity index (χ0v) is 18.5. The summed E-state index contributed by atoms with van der Waals surface area (Å²) in [4.78, 5) is 4.59. The predicted molar refractivity (Wildman–Crippen MR) is 134 cm³/mol. The van der Waals surface area contributed by atoms with Crippen LogP contribution in [0.15, 0.2) is 109 Å². The van der Waals surface area contributed by atoms with Crippen LogP contribution in [0.25, 0.3) is 22.4 Å². The second kappa shape index (κ2) is 7.30. The molecule has 3 heterocycles. The number of aromatic nitrogens is 1. The number of ether oxygens (including phenoxy) is 2. The Labute approximate surface area is 193 Å². The van der Waals surface area contributed by atoms with Gasteiger partial charge >= 0.3 is 0 Å². The minimum absolute atomic E-state index is 0.746. The van der Waals surface area contributed by atoms with Gasteiger partial charge in [-0.2, -0.15) is 0 Å². The van der Waals surface area contributed by atoms with E-state index in [2.05, 4.69) is 77.8 Å². The van der Waals surface area contributed by atoms with Crippen LogP contribution in [0.5, 0.6) is 23.0 Å². The van der Waals surface area contributed by atoms with Crippen LogP contribution >= 0.6 is 7.92 Å². The van der Waals surface area contributed by atoms with Crippen molar-refractivity contribution in [3.63, 3.8) is 0 Å². The second-order valence-electron chi connectivity index (χ2n) is 8.06. The van der Waals surface area contributed by atoms with Crippen LogP contribution in [0.3, 0.4) is 0 Å². The van der Waals surface area contributed by atoms with Crippen molar-refractivity contribution in [3.05, 3.63) is 109 Å². The quantitative estimate of drug-likeness (QED) is 0.290. The summed E-state index contributed by atoms with van der Waals surface area (Å²) >= 11 is 0. The number of hydrogen-bond acceptors (Lipinski definition) is 3. The van der Waals surface area contributed by atoms with Gasteiger partial charge in [0, 0.05) is 30.3 Å². The third-order valence-corrected chi connectivity index (χ3v) is 8.69. The molecule has 2 aliphatic heterocycles. The molecular weight excluding hydrogens is 425 g/mol. The Morgan fingerprint density at radius 1 is 0.545 bits per heavy atom. The number of fused-ring (bicyclic) bond motifs is 4. The van der Waals surface area contributed by atoms with Crippen molar-refractivity contribution in [3.8, 4) is 45.4 Å². The van der Waals surface area contributed by atoms with Crippen molar-refractivity contribution in [2.24, 2.45) is 0 Å². The summed E-state index contributed by atoms with van der Waals surface area (Å²) in [7, 11) is -0.746. The van der Waals surface area contributed by atoms with Crippen LogP contribution in [0, 0.1) is 0 Å². The number of hydrogen-bond donors (Lipinski definition) is 0. The van der Waals surface area contributed by atoms with E-state index in [0.29, 0.717) is 0 Å². The van der Waals surface area contributed by atoms with E-state index >= 15 is 0 Å². The molecule has 4 aromatic carbocycles. The molecule has 0 atom stereocenters. The van der Waals surface area contributed by atoms with Gasteiger partial charge in [0.05, 0.1) is 11.0 Å². The largest absolute Gasteiger partial charge is 0.456 e. The highest BCUT2D eigenvalue weighted by Crippen LogP contribution is 2.53. The Kier molecular flexibility index (Phi) is 4.12. The van der Waals surface area contributed by atoms with Crippen molar-refractivity contribution in [1.82, 2.24) is 4.98 Å². The average molecular weight is 443 g/mol. The standard InChI is InChI=1S/C29H18NO2P/c1-2-10-21(22-11-7-8-16-30-22)20(9-1)19-17-25-29-26(18-19)32-24-13-4-6-15-28(24)33(29)27-14-5-3-12-23(27)31-25/h1-18H. The molecule has 0 aliphatic carbocycles. The lowest BCUT2D eigenvalue weighted by Crippen LogP contribution is -2.31. The zero-order chi connectivity index (χ0) is 21.8. The first-order valence-corrected chi connectivity index (χ1v) is 12.2. The summed E-state index contributed by atoms with van der Waals surface area (Å²) in [6.45, 7) is 0. The fourth-order valence-electron chi connectivity index (χ4n) is 4.66. The molecule has 7 rings (SSSR count). The van der Waals surface area contributed by atoms with Crippen molar-refractivity contribution in [2.45, 2.75) is 0 Å². The monoisotopic (exact) mass is 443 g/mol. The molecule has 33 heavy (non-hydrogen) atoms. The van der Waals surface area contributed by atoms with Crippen molar-refractivity contribution in [2.75, 3.05) is 0 Å². The van der Waals surface area contributed by atoms with Crippen LogP contribution in [0.4, 0.5) is 0 Å². The molecule has 156 valence electrons. The average Bonchev–Trinajstić information content (AvgIpc) is 2.89. The van der Waals surface area contributed by atoms with Gasteiger partial charge in [0.15, 0.2) is 0 Å². The van der Waals surface area contributed by atoms with E-state index in [-0.39, 0.29) is 0 Å². The first kappa shape index (κ1) is 18.6. The number of benzene rings is 4. The van der Waals surface area contributed by atoms with E-state index in [9.17, 15) is 0 Å². The molecule has 5 aromatic rings. The summed E-state index contributed by atoms with van der Waals surface area (Å²) in [6, 6.07) is 35.4. The number of nitrogens with zero attached hydrogens (tertiary/aromatic N) is 1. The second-order valence-corrected chi connectivity index (χ2v) is 10.1. The van der Waals surface area contributed by atoms with Gasteiger partial charge in [-0.3, -0.25) is 4.98 Å². The Morgan fingerprint density at radius 2 is 1.12 bits per heavy atom. The summed E-state index contributed by atoms with van der Waals surface area (Å²) in [5, 5.41) is 3.62. The number of pyridine rings is 1. The van der Waals surface area contributed by atoms with Crippen molar-refractivity contribution >= 4 is 23.8 Å². The van der Waals surface area contributed by atoms with Crippen LogP contribution in [-0.2, 0) is 0 Å². The van der Waals surface area contributed by atoms with Gasteiger partial charge < -0.3 is 9.47 Å². The Bertz CT molecular complexity index is 1460. The minimum atomic E-state index is -0.746. The SMILES string of the molecule is c1ccc(-c2ccccc2-c2cc3c4c(c2)Oc2ccccc2P4c2ccccc2O3)nc1. The molecule has 3 nitrogen and oxygen atoms in total. The summed E-state index contributed by atoms with van der Waals surface area (Å²) < 4.78 is 12.9. The molecule has 2 aliphatic rings.